The van der Waals surface area contributed by atoms with E-state index in [1.807, 2.05) is 0 Å². The summed E-state index contributed by atoms with van der Waals surface area (Å²) in [5, 5.41) is 11.6. The van der Waals surface area contributed by atoms with E-state index in [2.05, 4.69) is 4.98 Å². The van der Waals surface area contributed by atoms with Gasteiger partial charge >= 0.3 is 5.97 Å². The number of likely N-dealkylation sites (tertiary alicyclic amines) is 1. The number of fused-ring (bicyclic) bond motifs is 1. The Balaban J connectivity index is 1.68. The van der Waals surface area contributed by atoms with Crippen LogP contribution >= 0.6 is 11.3 Å². The highest BCUT2D eigenvalue weighted by molar-refractivity contribution is 7.15. The number of imidazole rings is 1. The van der Waals surface area contributed by atoms with Crippen LogP contribution < -0.4 is 4.74 Å². The lowest BCUT2D eigenvalue weighted by molar-refractivity contribution is -0.145. The second-order valence-corrected chi connectivity index (χ2v) is 7.47. The number of thiazole rings is 1. The van der Waals surface area contributed by atoms with Gasteiger partial charge in [0, 0.05) is 30.1 Å². The molecule has 3 heterocycles. The number of amides is 1. The van der Waals surface area contributed by atoms with Crippen LogP contribution in [0.2, 0.25) is 0 Å². The lowest BCUT2D eigenvalue weighted by Crippen LogP contribution is -2.41. The zero-order valence-corrected chi connectivity index (χ0v) is 16.5. The van der Waals surface area contributed by atoms with Crippen LogP contribution in [0.4, 0.5) is 4.39 Å². The summed E-state index contributed by atoms with van der Waals surface area (Å²) in [6.45, 7) is 0.0428. The fourth-order valence-corrected chi connectivity index (χ4v) is 4.29. The van der Waals surface area contributed by atoms with Crippen molar-refractivity contribution in [2.45, 2.75) is 18.6 Å². The minimum Gasteiger partial charge on any atom is -0.494 e. The molecule has 2 aromatic heterocycles. The third kappa shape index (κ3) is 3.34. The zero-order valence-electron chi connectivity index (χ0n) is 15.7. The molecule has 1 N–H and O–H groups in total. The van der Waals surface area contributed by atoms with Gasteiger partial charge in [0.2, 0.25) is 0 Å². The van der Waals surface area contributed by atoms with Crippen molar-refractivity contribution in [3.63, 3.8) is 0 Å². The molecule has 0 bridgehead atoms. The predicted octanol–water partition coefficient (Wildman–Crippen LogP) is 1.96. The molecular weight excluding hydrogens is 401 g/mol. The summed E-state index contributed by atoms with van der Waals surface area (Å²) in [4.78, 5) is 31.4. The van der Waals surface area contributed by atoms with Gasteiger partial charge in [0.05, 0.1) is 26.0 Å². The summed E-state index contributed by atoms with van der Waals surface area (Å²) in [6, 6.07) is 3.67. The van der Waals surface area contributed by atoms with Gasteiger partial charge in [0.15, 0.2) is 16.5 Å². The van der Waals surface area contributed by atoms with Crippen LogP contribution in [-0.2, 0) is 9.53 Å². The highest BCUT2D eigenvalue weighted by Gasteiger charge is 2.40. The lowest BCUT2D eigenvalue weighted by Gasteiger charge is -2.21. The normalized spacial score (nSPS) is 19.0. The first-order valence-corrected chi connectivity index (χ1v) is 9.68. The Bertz CT molecular complexity index is 1090. The SMILES string of the molecule is COC(=O)[C@@H]1C[C@@H](O)CN1C(=O)c1csc2nc(-c3ccc(OC)c(F)c3)cn12. The fourth-order valence-electron chi connectivity index (χ4n) is 3.45. The molecule has 2 atom stereocenters. The first-order chi connectivity index (χ1) is 13.9. The van der Waals surface area contributed by atoms with Gasteiger partial charge in [-0.15, -0.1) is 11.3 Å². The summed E-state index contributed by atoms with van der Waals surface area (Å²) in [5.41, 5.74) is 1.35. The van der Waals surface area contributed by atoms with Crippen molar-refractivity contribution in [2.24, 2.45) is 0 Å². The molecule has 0 unspecified atom stereocenters. The first-order valence-electron chi connectivity index (χ1n) is 8.80. The highest BCUT2D eigenvalue weighted by Crippen LogP contribution is 2.29. The van der Waals surface area contributed by atoms with Gasteiger partial charge in [-0.2, -0.15) is 0 Å². The van der Waals surface area contributed by atoms with Gasteiger partial charge in [-0.3, -0.25) is 9.20 Å². The smallest absolute Gasteiger partial charge is 0.328 e. The van der Waals surface area contributed by atoms with Gasteiger partial charge in [0.1, 0.15) is 11.7 Å². The van der Waals surface area contributed by atoms with E-state index in [-0.39, 0.29) is 18.7 Å². The number of methoxy groups -OCH3 is 2. The van der Waals surface area contributed by atoms with E-state index < -0.39 is 29.8 Å². The van der Waals surface area contributed by atoms with E-state index in [0.29, 0.717) is 21.9 Å². The number of esters is 1. The Hall–Kier alpha value is -2.98. The topological polar surface area (TPSA) is 93.4 Å². The molecule has 0 saturated carbocycles. The summed E-state index contributed by atoms with van der Waals surface area (Å²) < 4.78 is 25.3. The number of carbonyl (C=O) groups excluding carboxylic acids is 2. The molecule has 1 saturated heterocycles. The molecular formula is C19H18FN3O5S. The third-order valence-electron chi connectivity index (χ3n) is 4.89. The molecule has 8 nitrogen and oxygen atoms in total. The van der Waals surface area contributed by atoms with Crippen LogP contribution in [0.3, 0.4) is 0 Å². The van der Waals surface area contributed by atoms with E-state index in [4.69, 9.17) is 9.47 Å². The quantitative estimate of drug-likeness (QED) is 0.650. The summed E-state index contributed by atoms with van der Waals surface area (Å²) in [5.74, 6) is -1.36. The Morgan fingerprint density at radius 2 is 2.14 bits per heavy atom. The van der Waals surface area contributed by atoms with Gasteiger partial charge in [-0.1, -0.05) is 0 Å². The molecule has 0 spiro atoms. The van der Waals surface area contributed by atoms with Crippen molar-refractivity contribution in [3.05, 3.63) is 41.3 Å². The number of hydrogen-bond acceptors (Lipinski definition) is 7. The minimum absolute atomic E-state index is 0.0428. The van der Waals surface area contributed by atoms with Crippen molar-refractivity contribution in [1.82, 2.24) is 14.3 Å². The maximum Gasteiger partial charge on any atom is 0.328 e. The van der Waals surface area contributed by atoms with E-state index >= 15 is 0 Å². The van der Waals surface area contributed by atoms with E-state index in [1.165, 1.54) is 42.6 Å². The number of nitrogens with zero attached hydrogens (tertiary/aromatic N) is 3. The maximum absolute atomic E-state index is 14.0. The molecule has 1 aromatic carbocycles. The van der Waals surface area contributed by atoms with E-state index in [9.17, 15) is 19.1 Å². The average Bonchev–Trinajstić information content (AvgIpc) is 3.40. The largest absolute Gasteiger partial charge is 0.494 e. The molecule has 1 aliphatic heterocycles. The Labute approximate surface area is 169 Å². The second-order valence-electron chi connectivity index (χ2n) is 6.63. The van der Waals surface area contributed by atoms with Crippen molar-refractivity contribution in [2.75, 3.05) is 20.8 Å². The number of carbonyl (C=O) groups is 2. The van der Waals surface area contributed by atoms with Crippen molar-refractivity contribution < 1.29 is 28.6 Å². The van der Waals surface area contributed by atoms with Crippen LogP contribution in [0.5, 0.6) is 5.75 Å². The molecule has 4 rings (SSSR count). The Morgan fingerprint density at radius 1 is 1.34 bits per heavy atom. The number of hydrogen-bond donors (Lipinski definition) is 1. The zero-order chi connectivity index (χ0) is 20.7. The average molecular weight is 419 g/mol. The number of ether oxygens (including phenoxy) is 2. The lowest BCUT2D eigenvalue weighted by atomic mass is 10.1. The molecule has 1 aliphatic rings. The number of aliphatic hydroxyl groups excluding tert-OH is 1. The fraction of sp³-hybridized carbons (Fsp3) is 0.316. The van der Waals surface area contributed by atoms with Gasteiger partial charge < -0.3 is 19.5 Å². The number of halogens is 1. The van der Waals surface area contributed by atoms with Crippen LogP contribution in [0.15, 0.2) is 29.8 Å². The Morgan fingerprint density at radius 3 is 2.83 bits per heavy atom. The molecule has 3 aromatic rings. The summed E-state index contributed by atoms with van der Waals surface area (Å²) in [6.07, 6.45) is 0.976. The van der Waals surface area contributed by atoms with Crippen molar-refractivity contribution >= 4 is 28.2 Å². The molecule has 0 aliphatic carbocycles. The van der Waals surface area contributed by atoms with E-state index in [0.717, 1.165) is 0 Å². The number of rotatable bonds is 4. The number of aliphatic hydroxyl groups is 1. The monoisotopic (exact) mass is 419 g/mol. The third-order valence-corrected chi connectivity index (χ3v) is 5.73. The van der Waals surface area contributed by atoms with Gasteiger partial charge in [-0.25, -0.2) is 14.2 Å². The molecule has 1 amide bonds. The van der Waals surface area contributed by atoms with Crippen molar-refractivity contribution in [3.8, 4) is 17.0 Å². The molecule has 152 valence electrons. The maximum atomic E-state index is 14.0. The van der Waals surface area contributed by atoms with Gasteiger partial charge in [-0.05, 0) is 18.2 Å². The summed E-state index contributed by atoms with van der Waals surface area (Å²) in [7, 11) is 2.63. The van der Waals surface area contributed by atoms with E-state index in [1.54, 1.807) is 22.0 Å². The second kappa shape index (κ2) is 7.45. The Kier molecular flexibility index (Phi) is 4.97. The highest BCUT2D eigenvalue weighted by atomic mass is 32.1. The minimum atomic E-state index is -0.837. The van der Waals surface area contributed by atoms with Crippen molar-refractivity contribution in [1.29, 1.82) is 0 Å². The summed E-state index contributed by atoms with van der Waals surface area (Å²) >= 11 is 1.25. The first kappa shape index (κ1) is 19.3. The molecule has 10 heteroatoms. The van der Waals surface area contributed by atoms with Crippen LogP contribution in [-0.4, -0.2) is 64.2 Å². The molecule has 29 heavy (non-hydrogen) atoms. The van der Waals surface area contributed by atoms with Crippen LogP contribution in [0, 0.1) is 5.82 Å². The number of β-amino-alcohol motifs (C(OH)–C–C–N with tert-alkyl or cyclic N) is 1. The number of aromatic nitrogens is 2. The molecule has 1 fully saturated rings. The molecule has 0 radical (unpaired) electrons. The standard InChI is InChI=1S/C19H18FN3O5S/c1-27-16-4-3-10(5-12(16)20)13-8-23-15(9-29-19(23)21-13)17(25)22-7-11(24)6-14(22)18(26)28-2/h3-5,8-9,11,14,24H,6-7H2,1-2H3/t11-,14+/m1/s1. The number of benzene rings is 1. The van der Waals surface area contributed by atoms with Crippen LogP contribution in [0.25, 0.3) is 16.2 Å². The predicted molar refractivity (Wildman–Crippen MR) is 102 cm³/mol. The van der Waals surface area contributed by atoms with Crippen LogP contribution in [0.1, 0.15) is 16.9 Å². The van der Waals surface area contributed by atoms with Gasteiger partial charge in [0.25, 0.3) is 5.91 Å².